The molecule has 1 aromatic rings. The van der Waals surface area contributed by atoms with E-state index in [9.17, 15) is 0 Å². The molecule has 2 rings (SSSR count). The maximum Gasteiger partial charge on any atom is 0.231 e. The summed E-state index contributed by atoms with van der Waals surface area (Å²) in [6.07, 6.45) is -0.0242. The molecule has 0 aliphatic carbocycles. The fourth-order valence-electron chi connectivity index (χ4n) is 1.71. The van der Waals surface area contributed by atoms with Crippen LogP contribution in [0, 0.1) is 0 Å². The molecule has 0 aromatic heterocycles. The highest BCUT2D eigenvalue weighted by molar-refractivity contribution is 9.10. The van der Waals surface area contributed by atoms with Crippen molar-refractivity contribution in [2.24, 2.45) is 0 Å². The summed E-state index contributed by atoms with van der Waals surface area (Å²) in [4.78, 5) is 0.217. The molecule has 0 bridgehead atoms. The van der Waals surface area contributed by atoms with Gasteiger partial charge < -0.3 is 14.2 Å². The van der Waals surface area contributed by atoms with Crippen molar-refractivity contribution < 1.29 is 14.2 Å². The molecule has 0 saturated heterocycles. The zero-order valence-corrected chi connectivity index (χ0v) is 12.2. The Morgan fingerprint density at radius 3 is 2.50 bits per heavy atom. The van der Waals surface area contributed by atoms with Gasteiger partial charge in [-0.15, -0.1) is 0 Å². The SMILES string of the molecule is COC(c1cc2c(cc1Br)OCO2)C(C)Br. The van der Waals surface area contributed by atoms with E-state index in [2.05, 4.69) is 31.9 Å². The number of methoxy groups -OCH3 is 1. The number of benzene rings is 1. The lowest BCUT2D eigenvalue weighted by Gasteiger charge is -2.20. The number of ether oxygens (including phenoxy) is 3. The highest BCUT2D eigenvalue weighted by Gasteiger charge is 2.23. The Balaban J connectivity index is 2.40. The molecule has 0 spiro atoms. The van der Waals surface area contributed by atoms with Gasteiger partial charge in [-0.1, -0.05) is 31.9 Å². The molecule has 0 fully saturated rings. The van der Waals surface area contributed by atoms with Crippen LogP contribution in [0.4, 0.5) is 0 Å². The Bertz CT molecular complexity index is 393. The van der Waals surface area contributed by atoms with Crippen LogP contribution in [0.3, 0.4) is 0 Å². The number of hydrogen-bond donors (Lipinski definition) is 0. The minimum Gasteiger partial charge on any atom is -0.454 e. The molecule has 16 heavy (non-hydrogen) atoms. The second kappa shape index (κ2) is 4.94. The first-order chi connectivity index (χ1) is 7.63. The fraction of sp³-hybridized carbons (Fsp3) is 0.455. The van der Waals surface area contributed by atoms with Crippen LogP contribution in [-0.4, -0.2) is 18.7 Å². The Morgan fingerprint density at radius 2 is 1.94 bits per heavy atom. The second-order valence-electron chi connectivity index (χ2n) is 3.56. The van der Waals surface area contributed by atoms with E-state index < -0.39 is 0 Å². The lowest BCUT2D eigenvalue weighted by Crippen LogP contribution is -2.11. The first-order valence-corrected chi connectivity index (χ1v) is 6.60. The zero-order valence-electron chi connectivity index (χ0n) is 9.00. The van der Waals surface area contributed by atoms with Crippen LogP contribution in [0.5, 0.6) is 11.5 Å². The summed E-state index contributed by atoms with van der Waals surface area (Å²) in [7, 11) is 1.69. The molecule has 0 amide bonds. The number of halogens is 2. The van der Waals surface area contributed by atoms with Gasteiger partial charge in [-0.2, -0.15) is 0 Å². The minimum absolute atomic E-state index is 0.0242. The van der Waals surface area contributed by atoms with Crippen LogP contribution in [0.15, 0.2) is 16.6 Å². The Labute approximate surface area is 111 Å². The van der Waals surface area contributed by atoms with E-state index in [0.717, 1.165) is 21.5 Å². The van der Waals surface area contributed by atoms with E-state index in [-0.39, 0.29) is 17.7 Å². The van der Waals surface area contributed by atoms with E-state index in [1.807, 2.05) is 19.1 Å². The van der Waals surface area contributed by atoms with E-state index in [4.69, 9.17) is 14.2 Å². The van der Waals surface area contributed by atoms with Crippen molar-refractivity contribution in [3.63, 3.8) is 0 Å². The maximum absolute atomic E-state index is 5.47. The van der Waals surface area contributed by atoms with E-state index >= 15 is 0 Å². The Hall–Kier alpha value is -0.260. The summed E-state index contributed by atoms with van der Waals surface area (Å²) in [6.45, 7) is 2.33. The summed E-state index contributed by atoms with van der Waals surface area (Å²) < 4.78 is 17.1. The van der Waals surface area contributed by atoms with Crippen molar-refractivity contribution >= 4 is 31.9 Å². The van der Waals surface area contributed by atoms with Gasteiger partial charge in [0.05, 0.1) is 6.10 Å². The smallest absolute Gasteiger partial charge is 0.231 e. The molecule has 0 N–H and O–H groups in total. The maximum atomic E-state index is 5.47. The van der Waals surface area contributed by atoms with E-state index in [1.165, 1.54) is 0 Å². The third-order valence-corrected chi connectivity index (χ3v) is 3.64. The molecule has 1 aliphatic heterocycles. The summed E-state index contributed by atoms with van der Waals surface area (Å²) in [5, 5.41) is 0. The van der Waals surface area contributed by atoms with Crippen LogP contribution in [0.1, 0.15) is 18.6 Å². The zero-order chi connectivity index (χ0) is 11.7. The van der Waals surface area contributed by atoms with Gasteiger partial charge in [0.25, 0.3) is 0 Å². The van der Waals surface area contributed by atoms with Crippen LogP contribution in [0.25, 0.3) is 0 Å². The molecular formula is C11H12Br2O3. The van der Waals surface area contributed by atoms with Crippen molar-refractivity contribution in [1.29, 1.82) is 0 Å². The highest BCUT2D eigenvalue weighted by atomic mass is 79.9. The first kappa shape index (κ1) is 12.2. The predicted octanol–water partition coefficient (Wildman–Crippen LogP) is 3.65. The Kier molecular flexibility index (Phi) is 3.77. The van der Waals surface area contributed by atoms with E-state index in [1.54, 1.807) is 7.11 Å². The van der Waals surface area contributed by atoms with Crippen LogP contribution in [0.2, 0.25) is 0 Å². The number of fused-ring (bicyclic) bond motifs is 1. The molecule has 0 radical (unpaired) electrons. The lowest BCUT2D eigenvalue weighted by atomic mass is 10.1. The first-order valence-electron chi connectivity index (χ1n) is 4.89. The van der Waals surface area contributed by atoms with Gasteiger partial charge in [0.1, 0.15) is 0 Å². The second-order valence-corrected chi connectivity index (χ2v) is 5.86. The molecule has 3 nitrogen and oxygen atoms in total. The van der Waals surface area contributed by atoms with Crippen molar-refractivity contribution in [3.05, 3.63) is 22.2 Å². The van der Waals surface area contributed by atoms with Crippen molar-refractivity contribution in [3.8, 4) is 11.5 Å². The third-order valence-electron chi connectivity index (χ3n) is 2.47. The van der Waals surface area contributed by atoms with Crippen molar-refractivity contribution in [1.82, 2.24) is 0 Å². The van der Waals surface area contributed by atoms with Crippen LogP contribution >= 0.6 is 31.9 Å². The molecule has 1 aromatic carbocycles. The molecule has 1 aliphatic rings. The largest absolute Gasteiger partial charge is 0.454 e. The van der Waals surface area contributed by atoms with Crippen LogP contribution in [-0.2, 0) is 4.74 Å². The van der Waals surface area contributed by atoms with Gasteiger partial charge in [-0.05, 0) is 24.6 Å². The molecule has 0 saturated carbocycles. The molecule has 2 atom stereocenters. The quantitative estimate of drug-likeness (QED) is 0.778. The molecular weight excluding hydrogens is 340 g/mol. The summed E-state index contributed by atoms with van der Waals surface area (Å²) in [5.74, 6) is 1.54. The fourth-order valence-corrected chi connectivity index (χ4v) is 2.76. The van der Waals surface area contributed by atoms with Gasteiger partial charge in [0.15, 0.2) is 11.5 Å². The van der Waals surface area contributed by atoms with Crippen molar-refractivity contribution in [2.75, 3.05) is 13.9 Å². The lowest BCUT2D eigenvalue weighted by molar-refractivity contribution is 0.105. The average molecular weight is 352 g/mol. The highest BCUT2D eigenvalue weighted by Crippen LogP contribution is 2.41. The van der Waals surface area contributed by atoms with Crippen LogP contribution < -0.4 is 9.47 Å². The monoisotopic (exact) mass is 350 g/mol. The molecule has 2 unspecified atom stereocenters. The minimum atomic E-state index is -0.0242. The number of alkyl halides is 1. The van der Waals surface area contributed by atoms with Gasteiger partial charge in [0, 0.05) is 16.4 Å². The van der Waals surface area contributed by atoms with Crippen molar-refractivity contribution in [2.45, 2.75) is 17.9 Å². The number of rotatable bonds is 3. The average Bonchev–Trinajstić information content (AvgIpc) is 2.65. The summed E-state index contributed by atoms with van der Waals surface area (Å²) in [5.41, 5.74) is 1.05. The molecule has 1 heterocycles. The van der Waals surface area contributed by atoms with E-state index in [0.29, 0.717) is 0 Å². The molecule has 88 valence electrons. The van der Waals surface area contributed by atoms with Gasteiger partial charge in [0.2, 0.25) is 6.79 Å². The predicted molar refractivity (Wildman–Crippen MR) is 68.4 cm³/mol. The normalized spacial score (nSPS) is 17.2. The number of hydrogen-bond acceptors (Lipinski definition) is 3. The topological polar surface area (TPSA) is 27.7 Å². The van der Waals surface area contributed by atoms with Gasteiger partial charge >= 0.3 is 0 Å². The van der Waals surface area contributed by atoms with Gasteiger partial charge in [-0.25, -0.2) is 0 Å². The summed E-state index contributed by atoms with van der Waals surface area (Å²) >= 11 is 7.06. The third kappa shape index (κ3) is 2.21. The summed E-state index contributed by atoms with van der Waals surface area (Å²) in [6, 6.07) is 3.87. The standard InChI is InChI=1S/C11H12Br2O3/c1-6(12)11(14-2)7-3-9-10(4-8(7)13)16-5-15-9/h3-4,6,11H,5H2,1-2H3. The molecule has 5 heteroatoms. The van der Waals surface area contributed by atoms with Gasteiger partial charge in [-0.3, -0.25) is 0 Å². The Morgan fingerprint density at radius 1 is 1.31 bits per heavy atom.